The number of hydrogen-bond donors (Lipinski definition) is 1. The van der Waals surface area contributed by atoms with Crippen molar-refractivity contribution >= 4 is 5.97 Å². The van der Waals surface area contributed by atoms with Crippen LogP contribution in [0.25, 0.3) is 0 Å². The summed E-state index contributed by atoms with van der Waals surface area (Å²) in [4.78, 5) is 12.1. The van der Waals surface area contributed by atoms with Crippen molar-refractivity contribution in [1.82, 2.24) is 0 Å². The minimum atomic E-state index is -0.537. The van der Waals surface area contributed by atoms with E-state index in [1.807, 2.05) is 0 Å². The molecule has 1 N–H and O–H groups in total. The standard InChI is InChI=1S/C38H72O4/c1-3-5-7-9-11-13-15-17-18-19-20-22-24-26-28-30-32-34-41-36-37(35-39)42-38(40)33-31-29-27-25-23-21-16-14-12-10-8-6-4-2/h14,16,18-19,37,39H,3-13,15,17,20-36H2,1-2H3/b16-14-,19-18-. The Hall–Kier alpha value is -1.13. The van der Waals surface area contributed by atoms with Gasteiger partial charge in [-0.2, -0.15) is 0 Å². The number of hydrogen-bond acceptors (Lipinski definition) is 4. The lowest BCUT2D eigenvalue weighted by Gasteiger charge is -2.15. The Kier molecular flexibility index (Phi) is 35.1. The van der Waals surface area contributed by atoms with Crippen LogP contribution in [0.15, 0.2) is 24.3 Å². The van der Waals surface area contributed by atoms with E-state index in [9.17, 15) is 9.90 Å². The molecule has 0 radical (unpaired) electrons. The quantitative estimate of drug-likeness (QED) is 0.0459. The first kappa shape index (κ1) is 40.9. The fourth-order valence-electron chi connectivity index (χ4n) is 5.20. The zero-order valence-corrected chi connectivity index (χ0v) is 28.3. The average Bonchev–Trinajstić information content (AvgIpc) is 3.00. The van der Waals surface area contributed by atoms with Crippen molar-refractivity contribution in [3.8, 4) is 0 Å². The van der Waals surface area contributed by atoms with E-state index in [0.29, 0.717) is 19.6 Å². The van der Waals surface area contributed by atoms with Crippen LogP contribution in [0.4, 0.5) is 0 Å². The molecule has 0 aliphatic carbocycles. The van der Waals surface area contributed by atoms with Gasteiger partial charge in [0.05, 0.1) is 13.2 Å². The molecule has 0 spiro atoms. The third kappa shape index (κ3) is 33.4. The zero-order chi connectivity index (χ0) is 30.6. The molecule has 0 heterocycles. The molecule has 0 aromatic heterocycles. The largest absolute Gasteiger partial charge is 0.457 e. The first-order chi connectivity index (χ1) is 20.7. The third-order valence-electron chi connectivity index (χ3n) is 8.00. The molecule has 0 rings (SSSR count). The van der Waals surface area contributed by atoms with E-state index in [2.05, 4.69) is 38.2 Å². The number of aliphatic hydroxyl groups is 1. The number of ether oxygens (including phenoxy) is 2. The van der Waals surface area contributed by atoms with Gasteiger partial charge < -0.3 is 14.6 Å². The monoisotopic (exact) mass is 593 g/mol. The Morgan fingerprint density at radius 3 is 1.38 bits per heavy atom. The summed E-state index contributed by atoms with van der Waals surface area (Å²) in [6.45, 7) is 5.32. The summed E-state index contributed by atoms with van der Waals surface area (Å²) in [5.41, 5.74) is 0. The minimum Gasteiger partial charge on any atom is -0.457 e. The van der Waals surface area contributed by atoms with E-state index in [0.717, 1.165) is 19.3 Å². The molecule has 4 nitrogen and oxygen atoms in total. The molecule has 0 aromatic rings. The SMILES string of the molecule is CCCCCC/C=C\CCCCCCCC(=O)OC(CO)COCCCCCCCC/C=C\CCCCCCCCC. The Bertz CT molecular complexity index is 586. The Labute approximate surface area is 262 Å². The maximum absolute atomic E-state index is 12.1. The first-order valence-corrected chi connectivity index (χ1v) is 18.4. The van der Waals surface area contributed by atoms with Crippen LogP contribution in [0.1, 0.15) is 187 Å². The van der Waals surface area contributed by atoms with Crippen LogP contribution in [-0.2, 0) is 14.3 Å². The topological polar surface area (TPSA) is 55.8 Å². The summed E-state index contributed by atoms with van der Waals surface area (Å²) in [6, 6.07) is 0. The summed E-state index contributed by atoms with van der Waals surface area (Å²) in [6.07, 6.45) is 42.1. The van der Waals surface area contributed by atoms with Gasteiger partial charge in [-0.15, -0.1) is 0 Å². The average molecular weight is 593 g/mol. The Morgan fingerprint density at radius 1 is 0.548 bits per heavy atom. The molecule has 1 unspecified atom stereocenters. The van der Waals surface area contributed by atoms with E-state index in [1.54, 1.807) is 0 Å². The van der Waals surface area contributed by atoms with Crippen LogP contribution in [0.3, 0.4) is 0 Å². The molecule has 0 fully saturated rings. The summed E-state index contributed by atoms with van der Waals surface area (Å²) in [7, 11) is 0. The molecule has 0 bridgehead atoms. The van der Waals surface area contributed by atoms with Gasteiger partial charge in [0.25, 0.3) is 0 Å². The molecule has 1 atom stereocenters. The summed E-state index contributed by atoms with van der Waals surface area (Å²) in [5, 5.41) is 9.54. The fourth-order valence-corrected chi connectivity index (χ4v) is 5.20. The van der Waals surface area contributed by atoms with Gasteiger partial charge in [0.2, 0.25) is 0 Å². The van der Waals surface area contributed by atoms with Gasteiger partial charge in [-0.1, -0.05) is 141 Å². The highest BCUT2D eigenvalue weighted by Crippen LogP contribution is 2.12. The maximum Gasteiger partial charge on any atom is 0.306 e. The summed E-state index contributed by atoms with van der Waals surface area (Å²) < 4.78 is 11.1. The second kappa shape index (κ2) is 36.1. The minimum absolute atomic E-state index is 0.175. The smallest absolute Gasteiger partial charge is 0.306 e. The molecule has 42 heavy (non-hydrogen) atoms. The molecular formula is C38H72O4. The maximum atomic E-state index is 12.1. The highest BCUT2D eigenvalue weighted by molar-refractivity contribution is 5.69. The zero-order valence-electron chi connectivity index (χ0n) is 28.3. The van der Waals surface area contributed by atoms with Gasteiger partial charge in [0.15, 0.2) is 0 Å². The number of esters is 1. The summed E-state index contributed by atoms with van der Waals surface area (Å²) in [5.74, 6) is -0.212. The van der Waals surface area contributed by atoms with E-state index in [1.165, 1.54) is 148 Å². The normalized spacial score (nSPS) is 12.5. The highest BCUT2D eigenvalue weighted by atomic mass is 16.6. The van der Waals surface area contributed by atoms with Gasteiger partial charge in [-0.3, -0.25) is 4.79 Å². The molecule has 0 aliphatic heterocycles. The van der Waals surface area contributed by atoms with Gasteiger partial charge in [-0.05, 0) is 64.2 Å². The van der Waals surface area contributed by atoms with Crippen molar-refractivity contribution in [1.29, 1.82) is 0 Å². The molecule has 0 saturated carbocycles. The Balaban J connectivity index is 3.44. The van der Waals surface area contributed by atoms with E-state index in [-0.39, 0.29) is 12.6 Å². The number of carbonyl (C=O) groups excluding carboxylic acids is 1. The van der Waals surface area contributed by atoms with Crippen LogP contribution in [-0.4, -0.2) is 37.0 Å². The van der Waals surface area contributed by atoms with Crippen LogP contribution in [0, 0.1) is 0 Å². The highest BCUT2D eigenvalue weighted by Gasteiger charge is 2.13. The van der Waals surface area contributed by atoms with Crippen LogP contribution in [0.2, 0.25) is 0 Å². The molecule has 0 aliphatic rings. The van der Waals surface area contributed by atoms with Crippen molar-refractivity contribution in [3.63, 3.8) is 0 Å². The van der Waals surface area contributed by atoms with Gasteiger partial charge in [0.1, 0.15) is 6.10 Å². The molecule has 0 saturated heterocycles. The van der Waals surface area contributed by atoms with E-state index in [4.69, 9.17) is 9.47 Å². The predicted octanol–water partition coefficient (Wildman–Crippen LogP) is 11.6. The van der Waals surface area contributed by atoms with Gasteiger partial charge in [0, 0.05) is 13.0 Å². The van der Waals surface area contributed by atoms with Crippen molar-refractivity contribution in [2.24, 2.45) is 0 Å². The molecule has 4 heteroatoms. The lowest BCUT2D eigenvalue weighted by Crippen LogP contribution is -2.27. The van der Waals surface area contributed by atoms with Crippen molar-refractivity contribution in [2.75, 3.05) is 19.8 Å². The lowest BCUT2D eigenvalue weighted by molar-refractivity contribution is -0.154. The third-order valence-corrected chi connectivity index (χ3v) is 8.00. The Morgan fingerprint density at radius 2 is 0.929 bits per heavy atom. The molecule has 0 amide bonds. The predicted molar refractivity (Wildman–Crippen MR) is 182 cm³/mol. The molecule has 0 aromatic carbocycles. The van der Waals surface area contributed by atoms with Gasteiger partial charge >= 0.3 is 5.97 Å². The number of rotatable bonds is 34. The van der Waals surface area contributed by atoms with Crippen LogP contribution in [0.5, 0.6) is 0 Å². The number of aliphatic hydroxyl groups excluding tert-OH is 1. The van der Waals surface area contributed by atoms with Gasteiger partial charge in [-0.25, -0.2) is 0 Å². The van der Waals surface area contributed by atoms with E-state index < -0.39 is 6.10 Å². The molecule has 248 valence electrons. The fraction of sp³-hybridized carbons (Fsp3) is 0.868. The van der Waals surface area contributed by atoms with Crippen molar-refractivity contribution in [3.05, 3.63) is 24.3 Å². The number of allylic oxidation sites excluding steroid dienone is 4. The van der Waals surface area contributed by atoms with Crippen LogP contribution < -0.4 is 0 Å². The lowest BCUT2D eigenvalue weighted by atomic mass is 10.1. The van der Waals surface area contributed by atoms with Crippen molar-refractivity contribution in [2.45, 2.75) is 193 Å². The van der Waals surface area contributed by atoms with E-state index >= 15 is 0 Å². The van der Waals surface area contributed by atoms with Crippen LogP contribution >= 0.6 is 0 Å². The molecular weight excluding hydrogens is 520 g/mol. The summed E-state index contributed by atoms with van der Waals surface area (Å²) >= 11 is 0. The van der Waals surface area contributed by atoms with Crippen molar-refractivity contribution < 1.29 is 19.4 Å². The number of unbranched alkanes of at least 4 members (excludes halogenated alkanes) is 22. The second-order valence-corrected chi connectivity index (χ2v) is 12.3. The second-order valence-electron chi connectivity index (χ2n) is 12.3. The first-order valence-electron chi connectivity index (χ1n) is 18.4. The number of carbonyl (C=O) groups is 1.